The third-order valence-electron chi connectivity index (χ3n) is 6.71. The number of aromatic amines is 1. The van der Waals surface area contributed by atoms with Crippen LogP contribution in [0.25, 0.3) is 0 Å². The average Bonchev–Trinajstić information content (AvgIpc) is 3.50. The fraction of sp³-hybridized carbons (Fsp3) is 0.579. The summed E-state index contributed by atoms with van der Waals surface area (Å²) >= 11 is 0. The molecule has 4 fully saturated rings. The number of ether oxygens (including phenoxy) is 1. The smallest absolute Gasteiger partial charge is 0.325 e. The highest BCUT2D eigenvalue weighted by Gasteiger charge is 2.63. The topological polar surface area (TPSA) is 124 Å². The molecule has 10 nitrogen and oxygen atoms in total. The Labute approximate surface area is 166 Å². The van der Waals surface area contributed by atoms with Gasteiger partial charge in [0.2, 0.25) is 5.91 Å². The molecule has 4 aliphatic rings. The normalized spacial score (nSPS) is 32.6. The number of likely N-dealkylation sites (tertiary alicyclic amines) is 1. The van der Waals surface area contributed by atoms with E-state index in [4.69, 9.17) is 4.74 Å². The van der Waals surface area contributed by atoms with Crippen molar-refractivity contribution in [2.45, 2.75) is 24.5 Å². The highest BCUT2D eigenvalue weighted by molar-refractivity contribution is 6.04. The van der Waals surface area contributed by atoms with Crippen LogP contribution in [-0.4, -0.2) is 83.0 Å². The molecule has 29 heavy (non-hydrogen) atoms. The number of hydrogen-bond donors (Lipinski definition) is 3. The first-order valence-electron chi connectivity index (χ1n) is 9.92. The Bertz CT molecular complexity index is 854. The average molecular weight is 401 g/mol. The van der Waals surface area contributed by atoms with Crippen molar-refractivity contribution in [1.29, 1.82) is 0 Å². The first kappa shape index (κ1) is 18.2. The third-order valence-corrected chi connectivity index (χ3v) is 6.71. The molecule has 5 heterocycles. The number of carbonyl (C=O) groups excluding carboxylic acids is 4. The van der Waals surface area contributed by atoms with Crippen molar-refractivity contribution in [3.63, 3.8) is 0 Å². The number of H-pyrrole nitrogens is 1. The van der Waals surface area contributed by atoms with Crippen LogP contribution < -0.4 is 10.6 Å². The third kappa shape index (κ3) is 2.89. The van der Waals surface area contributed by atoms with Crippen LogP contribution in [0.4, 0.5) is 4.79 Å². The quantitative estimate of drug-likeness (QED) is 0.563. The molecule has 4 aliphatic heterocycles. The summed E-state index contributed by atoms with van der Waals surface area (Å²) in [5, 5.41) is 5.40. The van der Waals surface area contributed by atoms with E-state index in [2.05, 4.69) is 15.6 Å². The monoisotopic (exact) mass is 401 g/mol. The Morgan fingerprint density at radius 1 is 1.34 bits per heavy atom. The molecule has 0 aliphatic carbocycles. The molecule has 5 rings (SSSR count). The highest BCUT2D eigenvalue weighted by atomic mass is 16.5. The van der Waals surface area contributed by atoms with E-state index in [1.807, 2.05) is 0 Å². The molecule has 0 radical (unpaired) electrons. The summed E-state index contributed by atoms with van der Waals surface area (Å²) in [5.41, 5.74) is 0.139. The molecule has 1 aromatic heterocycles. The predicted molar refractivity (Wildman–Crippen MR) is 98.6 cm³/mol. The Morgan fingerprint density at radius 3 is 2.93 bits per heavy atom. The van der Waals surface area contributed by atoms with E-state index in [1.165, 1.54) is 0 Å². The molecule has 1 aromatic rings. The van der Waals surface area contributed by atoms with Gasteiger partial charge in [-0.05, 0) is 25.0 Å². The van der Waals surface area contributed by atoms with Gasteiger partial charge in [-0.2, -0.15) is 0 Å². The molecule has 3 N–H and O–H groups in total. The first-order valence-corrected chi connectivity index (χ1v) is 9.92. The van der Waals surface area contributed by atoms with E-state index in [1.54, 1.807) is 23.2 Å². The number of fused-ring (bicyclic) bond motifs is 1. The number of carbonyl (C=O) groups is 4. The number of rotatable bonds is 5. The van der Waals surface area contributed by atoms with Gasteiger partial charge in [-0.15, -0.1) is 0 Å². The fourth-order valence-corrected chi connectivity index (χ4v) is 5.28. The van der Waals surface area contributed by atoms with Gasteiger partial charge in [0.15, 0.2) is 0 Å². The van der Waals surface area contributed by atoms with Crippen LogP contribution in [0.15, 0.2) is 18.3 Å². The minimum atomic E-state index is -0.525. The largest absolute Gasteiger partial charge is 0.369 e. The molecule has 10 heteroatoms. The number of aromatic nitrogens is 1. The minimum absolute atomic E-state index is 0.0634. The molecule has 1 spiro atoms. The van der Waals surface area contributed by atoms with Crippen molar-refractivity contribution in [3.05, 3.63) is 24.0 Å². The van der Waals surface area contributed by atoms with Crippen molar-refractivity contribution >= 4 is 23.8 Å². The SMILES string of the molecule is O=C(NC[C@H]1[C@H]2CN(C(=O)CN3C(=O)CNC3=O)C[C@]23CC[C@H]1O3)c1ccc[nH]1. The zero-order chi connectivity index (χ0) is 20.2. The van der Waals surface area contributed by atoms with Crippen molar-refractivity contribution in [1.82, 2.24) is 25.4 Å². The predicted octanol–water partition coefficient (Wildman–Crippen LogP) is -0.698. The lowest BCUT2D eigenvalue weighted by molar-refractivity contribution is -0.136. The van der Waals surface area contributed by atoms with Crippen molar-refractivity contribution < 1.29 is 23.9 Å². The van der Waals surface area contributed by atoms with Gasteiger partial charge in [0.1, 0.15) is 12.2 Å². The number of urea groups is 1. The Morgan fingerprint density at radius 2 is 2.21 bits per heavy atom. The fourth-order valence-electron chi connectivity index (χ4n) is 5.28. The number of hydrogen-bond acceptors (Lipinski definition) is 5. The van der Waals surface area contributed by atoms with Crippen LogP contribution in [0.1, 0.15) is 23.3 Å². The second-order valence-corrected chi connectivity index (χ2v) is 8.24. The molecule has 2 bridgehead atoms. The standard InChI is InChI=1S/C19H23N5O5/c25-15-7-22-18(28)24(15)9-16(26)23-8-12-11(14-3-4-19(12,10-23)29-14)6-21-17(27)13-2-1-5-20-13/h1-2,5,11-12,14,20H,3-4,6-10H2,(H,21,27)(H,22,28)/t11-,12+,14+,19+/m0/s1. The van der Waals surface area contributed by atoms with Crippen molar-refractivity contribution in [2.75, 3.05) is 32.7 Å². The van der Waals surface area contributed by atoms with Crippen LogP contribution in [0.2, 0.25) is 0 Å². The summed E-state index contributed by atoms with van der Waals surface area (Å²) in [5.74, 6) is -0.519. The number of nitrogens with zero attached hydrogens (tertiary/aromatic N) is 2. The molecule has 0 aromatic carbocycles. The van der Waals surface area contributed by atoms with Gasteiger partial charge in [0.05, 0.1) is 24.8 Å². The lowest BCUT2D eigenvalue weighted by Gasteiger charge is -2.29. The zero-order valence-electron chi connectivity index (χ0n) is 15.8. The maximum Gasteiger partial charge on any atom is 0.325 e. The van der Waals surface area contributed by atoms with E-state index >= 15 is 0 Å². The molecule has 154 valence electrons. The lowest BCUT2D eigenvalue weighted by Crippen LogP contribution is -2.43. The molecule has 0 unspecified atom stereocenters. The second kappa shape index (κ2) is 6.58. The first-order chi connectivity index (χ1) is 14.0. The van der Waals surface area contributed by atoms with Crippen LogP contribution in [0.3, 0.4) is 0 Å². The van der Waals surface area contributed by atoms with Crippen LogP contribution in [0.5, 0.6) is 0 Å². The number of imide groups is 1. The number of nitrogens with one attached hydrogen (secondary N) is 3. The summed E-state index contributed by atoms with van der Waals surface area (Å²) in [4.78, 5) is 54.0. The van der Waals surface area contributed by atoms with E-state index in [0.717, 1.165) is 17.7 Å². The van der Waals surface area contributed by atoms with Crippen molar-refractivity contribution in [2.24, 2.45) is 11.8 Å². The highest BCUT2D eigenvalue weighted by Crippen LogP contribution is 2.54. The van der Waals surface area contributed by atoms with Gasteiger partial charge < -0.3 is 25.3 Å². The maximum atomic E-state index is 12.7. The zero-order valence-corrected chi connectivity index (χ0v) is 15.8. The summed E-state index contributed by atoms with van der Waals surface area (Å²) in [6.45, 7) is 1.17. The van der Waals surface area contributed by atoms with E-state index < -0.39 is 6.03 Å². The summed E-state index contributed by atoms with van der Waals surface area (Å²) in [6.07, 6.45) is 3.59. The van der Waals surface area contributed by atoms with Gasteiger partial charge >= 0.3 is 6.03 Å². The van der Waals surface area contributed by atoms with Crippen LogP contribution in [-0.2, 0) is 14.3 Å². The second-order valence-electron chi connectivity index (χ2n) is 8.24. The van der Waals surface area contributed by atoms with Gasteiger partial charge in [-0.3, -0.25) is 19.3 Å². The van der Waals surface area contributed by atoms with Crippen molar-refractivity contribution in [3.8, 4) is 0 Å². The lowest BCUT2D eigenvalue weighted by atomic mass is 9.73. The van der Waals surface area contributed by atoms with E-state index in [0.29, 0.717) is 25.3 Å². The van der Waals surface area contributed by atoms with Gasteiger partial charge in [-0.1, -0.05) is 0 Å². The molecular formula is C19H23N5O5. The molecule has 4 atom stereocenters. The Balaban J connectivity index is 1.24. The van der Waals surface area contributed by atoms with Gasteiger partial charge in [0.25, 0.3) is 11.8 Å². The molecule has 5 amide bonds. The summed E-state index contributed by atoms with van der Waals surface area (Å²) in [7, 11) is 0. The van der Waals surface area contributed by atoms with Crippen LogP contribution in [0, 0.1) is 11.8 Å². The number of amides is 5. The summed E-state index contributed by atoms with van der Waals surface area (Å²) < 4.78 is 6.30. The molecular weight excluding hydrogens is 378 g/mol. The molecule has 0 saturated carbocycles. The Kier molecular flexibility index (Phi) is 4.12. The van der Waals surface area contributed by atoms with E-state index in [-0.39, 0.29) is 54.4 Å². The Hall–Kier alpha value is -2.88. The minimum Gasteiger partial charge on any atom is -0.369 e. The van der Waals surface area contributed by atoms with Gasteiger partial charge in [-0.25, -0.2) is 4.79 Å². The van der Waals surface area contributed by atoms with Gasteiger partial charge in [0, 0.05) is 31.1 Å². The molecule has 4 saturated heterocycles. The summed E-state index contributed by atoms with van der Waals surface area (Å²) in [6, 6.07) is 2.97. The van der Waals surface area contributed by atoms with Crippen LogP contribution >= 0.6 is 0 Å². The van der Waals surface area contributed by atoms with E-state index in [9.17, 15) is 19.2 Å². The maximum absolute atomic E-state index is 12.7.